The molecule has 0 heterocycles. The molecule has 0 unspecified atom stereocenters. The van der Waals surface area contributed by atoms with E-state index in [1.54, 1.807) is 6.07 Å². The molecule has 0 saturated heterocycles. The van der Waals surface area contributed by atoms with Crippen LogP contribution in [0.2, 0.25) is 0 Å². The van der Waals surface area contributed by atoms with Gasteiger partial charge in [0.25, 0.3) is 0 Å². The third kappa shape index (κ3) is 2.55. The summed E-state index contributed by atoms with van der Waals surface area (Å²) in [5.41, 5.74) is 4.10. The van der Waals surface area contributed by atoms with Crippen LogP contribution in [0.4, 0.5) is 4.39 Å². The molecule has 2 aromatic carbocycles. The van der Waals surface area contributed by atoms with Crippen LogP contribution in [-0.2, 0) is 12.8 Å². The average Bonchev–Trinajstić information content (AvgIpc) is 2.39. The van der Waals surface area contributed by atoms with Gasteiger partial charge in [0.2, 0.25) is 0 Å². The maximum Gasteiger partial charge on any atom is 0.127 e. The summed E-state index contributed by atoms with van der Waals surface area (Å²) in [5, 5.41) is 0. The minimum atomic E-state index is -0.107. The number of halogens is 1. The lowest BCUT2D eigenvalue weighted by Gasteiger charge is -2.06. The molecular formula is C16H17F. The minimum Gasteiger partial charge on any atom is -0.207 e. The second-order valence-corrected chi connectivity index (χ2v) is 4.21. The average molecular weight is 228 g/mol. The molecule has 0 fully saturated rings. The highest BCUT2D eigenvalue weighted by atomic mass is 19.1. The van der Waals surface area contributed by atoms with Crippen LogP contribution in [0, 0.1) is 5.82 Å². The van der Waals surface area contributed by atoms with E-state index in [2.05, 4.69) is 31.2 Å². The topological polar surface area (TPSA) is 0 Å². The molecule has 0 nitrogen and oxygen atoms in total. The van der Waals surface area contributed by atoms with Crippen molar-refractivity contribution in [1.29, 1.82) is 0 Å². The van der Waals surface area contributed by atoms with E-state index in [1.165, 1.54) is 5.56 Å². The Labute approximate surface area is 102 Å². The highest BCUT2D eigenvalue weighted by Crippen LogP contribution is 2.22. The number of rotatable bonds is 3. The van der Waals surface area contributed by atoms with Gasteiger partial charge in [0.05, 0.1) is 0 Å². The molecule has 0 spiro atoms. The van der Waals surface area contributed by atoms with Crippen LogP contribution in [0.1, 0.15) is 25.0 Å². The number of benzene rings is 2. The molecule has 2 aromatic rings. The zero-order valence-electron chi connectivity index (χ0n) is 10.3. The van der Waals surface area contributed by atoms with Crippen molar-refractivity contribution in [1.82, 2.24) is 0 Å². The molecule has 0 saturated carbocycles. The largest absolute Gasteiger partial charge is 0.207 e. The normalized spacial score (nSPS) is 10.5. The van der Waals surface area contributed by atoms with Crippen molar-refractivity contribution in [3.63, 3.8) is 0 Å². The highest BCUT2D eigenvalue weighted by molar-refractivity contribution is 5.64. The van der Waals surface area contributed by atoms with E-state index in [0.29, 0.717) is 0 Å². The molecule has 0 aliphatic heterocycles. The summed E-state index contributed by atoms with van der Waals surface area (Å²) >= 11 is 0. The van der Waals surface area contributed by atoms with Crippen molar-refractivity contribution >= 4 is 0 Å². The molecule has 0 atom stereocenters. The highest BCUT2D eigenvalue weighted by Gasteiger charge is 2.03. The molecule has 0 aliphatic carbocycles. The van der Waals surface area contributed by atoms with Crippen LogP contribution in [0.15, 0.2) is 42.5 Å². The predicted molar refractivity (Wildman–Crippen MR) is 70.6 cm³/mol. The molecule has 2 rings (SSSR count). The maximum absolute atomic E-state index is 13.7. The van der Waals surface area contributed by atoms with E-state index in [1.807, 2.05) is 19.1 Å². The zero-order valence-corrected chi connectivity index (χ0v) is 10.3. The third-order valence-corrected chi connectivity index (χ3v) is 3.13. The Kier molecular flexibility index (Phi) is 3.58. The van der Waals surface area contributed by atoms with Crippen molar-refractivity contribution < 1.29 is 4.39 Å². The second-order valence-electron chi connectivity index (χ2n) is 4.21. The Morgan fingerprint density at radius 1 is 0.824 bits per heavy atom. The van der Waals surface area contributed by atoms with Gasteiger partial charge in [-0.3, -0.25) is 0 Å². The zero-order chi connectivity index (χ0) is 12.3. The Morgan fingerprint density at radius 2 is 1.47 bits per heavy atom. The summed E-state index contributed by atoms with van der Waals surface area (Å²) in [7, 11) is 0. The fourth-order valence-electron chi connectivity index (χ4n) is 1.95. The van der Waals surface area contributed by atoms with Gasteiger partial charge in [-0.1, -0.05) is 50.2 Å². The van der Waals surface area contributed by atoms with Gasteiger partial charge in [-0.25, -0.2) is 4.39 Å². The van der Waals surface area contributed by atoms with Gasteiger partial charge in [0.15, 0.2) is 0 Å². The molecule has 0 aromatic heterocycles. The summed E-state index contributed by atoms with van der Waals surface area (Å²) in [6, 6.07) is 13.8. The second kappa shape index (κ2) is 5.13. The van der Waals surface area contributed by atoms with Gasteiger partial charge >= 0.3 is 0 Å². The summed E-state index contributed by atoms with van der Waals surface area (Å²) in [5.74, 6) is -0.107. The summed E-state index contributed by atoms with van der Waals surface area (Å²) in [4.78, 5) is 0. The predicted octanol–water partition coefficient (Wildman–Crippen LogP) is 4.62. The lowest BCUT2D eigenvalue weighted by Crippen LogP contribution is -1.89. The third-order valence-electron chi connectivity index (χ3n) is 3.13. The maximum atomic E-state index is 13.7. The SMILES string of the molecule is CCc1ccc(-c2ccc(CC)c(F)c2)cc1. The van der Waals surface area contributed by atoms with Gasteiger partial charge in [-0.15, -0.1) is 0 Å². The minimum absolute atomic E-state index is 0.107. The van der Waals surface area contributed by atoms with Crippen LogP contribution >= 0.6 is 0 Å². The van der Waals surface area contributed by atoms with Crippen LogP contribution in [0.25, 0.3) is 11.1 Å². The monoisotopic (exact) mass is 228 g/mol. The Bertz CT molecular complexity index is 497. The van der Waals surface area contributed by atoms with E-state index in [-0.39, 0.29) is 5.82 Å². The lowest BCUT2D eigenvalue weighted by molar-refractivity contribution is 0.613. The first-order valence-corrected chi connectivity index (χ1v) is 6.12. The van der Waals surface area contributed by atoms with Crippen LogP contribution < -0.4 is 0 Å². The molecule has 1 heteroatoms. The standard InChI is InChI=1S/C16H17F/c1-3-12-5-7-14(8-6-12)15-10-9-13(4-2)16(17)11-15/h5-11H,3-4H2,1-2H3. The van der Waals surface area contributed by atoms with Crippen LogP contribution in [-0.4, -0.2) is 0 Å². The van der Waals surface area contributed by atoms with Crippen molar-refractivity contribution in [2.45, 2.75) is 26.7 Å². The summed E-state index contributed by atoms with van der Waals surface area (Å²) in [6.07, 6.45) is 1.77. The van der Waals surface area contributed by atoms with E-state index >= 15 is 0 Å². The molecule has 0 radical (unpaired) electrons. The van der Waals surface area contributed by atoms with Crippen molar-refractivity contribution in [3.8, 4) is 11.1 Å². The van der Waals surface area contributed by atoms with Gasteiger partial charge in [-0.05, 0) is 41.2 Å². The Morgan fingerprint density at radius 3 is 2.00 bits per heavy atom. The molecule has 0 N–H and O–H groups in total. The van der Waals surface area contributed by atoms with E-state index in [0.717, 1.165) is 29.5 Å². The molecule has 0 amide bonds. The fourth-order valence-corrected chi connectivity index (χ4v) is 1.95. The van der Waals surface area contributed by atoms with Crippen molar-refractivity contribution in [3.05, 3.63) is 59.4 Å². The smallest absolute Gasteiger partial charge is 0.127 e. The van der Waals surface area contributed by atoms with E-state index in [9.17, 15) is 4.39 Å². The van der Waals surface area contributed by atoms with Crippen LogP contribution in [0.5, 0.6) is 0 Å². The Balaban J connectivity index is 2.35. The summed E-state index contributed by atoms with van der Waals surface area (Å²) < 4.78 is 13.7. The molecule has 88 valence electrons. The van der Waals surface area contributed by atoms with E-state index in [4.69, 9.17) is 0 Å². The Hall–Kier alpha value is -1.63. The van der Waals surface area contributed by atoms with Crippen molar-refractivity contribution in [2.24, 2.45) is 0 Å². The van der Waals surface area contributed by atoms with Crippen LogP contribution in [0.3, 0.4) is 0 Å². The lowest BCUT2D eigenvalue weighted by atomic mass is 10.0. The van der Waals surface area contributed by atoms with Gasteiger partial charge in [0.1, 0.15) is 5.82 Å². The molecule has 17 heavy (non-hydrogen) atoms. The van der Waals surface area contributed by atoms with Gasteiger partial charge in [0, 0.05) is 0 Å². The van der Waals surface area contributed by atoms with E-state index < -0.39 is 0 Å². The van der Waals surface area contributed by atoms with Crippen molar-refractivity contribution in [2.75, 3.05) is 0 Å². The summed E-state index contributed by atoms with van der Waals surface area (Å²) in [6.45, 7) is 4.10. The fraction of sp³-hybridized carbons (Fsp3) is 0.250. The van der Waals surface area contributed by atoms with Gasteiger partial charge < -0.3 is 0 Å². The first-order chi connectivity index (χ1) is 8.24. The molecule has 0 aliphatic rings. The molecule has 0 bridgehead atoms. The first-order valence-electron chi connectivity index (χ1n) is 6.12. The number of aryl methyl sites for hydroxylation is 2. The molecular weight excluding hydrogens is 211 g/mol. The quantitative estimate of drug-likeness (QED) is 0.719. The number of hydrogen-bond donors (Lipinski definition) is 0. The van der Waals surface area contributed by atoms with Gasteiger partial charge in [-0.2, -0.15) is 0 Å². The number of hydrogen-bond acceptors (Lipinski definition) is 0. The first kappa shape index (κ1) is 11.8.